The van der Waals surface area contributed by atoms with Crippen molar-refractivity contribution >= 4 is 25.5 Å². The molecule has 2 N–H and O–H groups in total. The van der Waals surface area contributed by atoms with E-state index in [0.29, 0.717) is 6.42 Å². The number of rotatable bonds is 7. The highest BCUT2D eigenvalue weighted by Gasteiger charge is 2.35. The van der Waals surface area contributed by atoms with Crippen LogP contribution in [0.15, 0.2) is 5.03 Å². The van der Waals surface area contributed by atoms with Crippen LogP contribution in [0.2, 0.25) is 0 Å². The molecule has 0 bridgehead atoms. The van der Waals surface area contributed by atoms with Crippen LogP contribution in [0.4, 0.5) is 5.69 Å². The lowest BCUT2D eigenvalue weighted by molar-refractivity contribution is -0.388. The summed E-state index contributed by atoms with van der Waals surface area (Å²) in [5.74, 6) is -1.65. The normalized spacial score (nSPS) is 12.5. The van der Waals surface area contributed by atoms with Crippen LogP contribution in [0.1, 0.15) is 19.0 Å². The highest BCUT2D eigenvalue weighted by atomic mass is 32.2. The number of aryl methyl sites for hydroxylation is 2. The summed E-state index contributed by atoms with van der Waals surface area (Å²) in [7, 11) is -6.93. The molecule has 1 heterocycles. The van der Waals surface area contributed by atoms with Gasteiger partial charge in [-0.3, -0.25) is 14.8 Å². The van der Waals surface area contributed by atoms with E-state index in [1.54, 1.807) is 6.92 Å². The highest BCUT2D eigenvalue weighted by molar-refractivity contribution is 7.94. The van der Waals surface area contributed by atoms with Crippen molar-refractivity contribution in [2.45, 2.75) is 24.8 Å². The zero-order valence-electron chi connectivity index (χ0n) is 11.5. The minimum absolute atomic E-state index is 0.0548. The average molecular weight is 340 g/mol. The van der Waals surface area contributed by atoms with Crippen LogP contribution in [0.3, 0.4) is 0 Å². The molecule has 0 aromatic carbocycles. The number of nitro groups is 1. The molecule has 0 amide bonds. The van der Waals surface area contributed by atoms with E-state index in [9.17, 15) is 26.9 Å². The molecule has 0 aliphatic heterocycles. The Bertz CT molecular complexity index is 749. The third-order valence-electron chi connectivity index (χ3n) is 2.64. The summed E-state index contributed by atoms with van der Waals surface area (Å²) < 4.78 is 47.0. The van der Waals surface area contributed by atoms with Gasteiger partial charge in [0.15, 0.2) is 0 Å². The van der Waals surface area contributed by atoms with Gasteiger partial charge in [0.2, 0.25) is 24.9 Å². The molecule has 1 rings (SSSR count). The van der Waals surface area contributed by atoms with Gasteiger partial charge in [-0.25, -0.2) is 22.0 Å². The molecule has 1 aromatic rings. The monoisotopic (exact) mass is 340 g/mol. The number of primary sulfonamides is 1. The topological polar surface area (TPSA) is 155 Å². The Kier molecular flexibility index (Phi) is 5.07. The fourth-order valence-electron chi connectivity index (χ4n) is 1.81. The van der Waals surface area contributed by atoms with Gasteiger partial charge in [0.1, 0.15) is 5.69 Å². The van der Waals surface area contributed by atoms with Crippen LogP contribution in [0.5, 0.6) is 0 Å². The largest absolute Gasteiger partial charge is 0.329 e. The predicted octanol–water partition coefficient (Wildman–Crippen LogP) is -0.657. The third kappa shape index (κ3) is 4.22. The Labute approximate surface area is 122 Å². The highest BCUT2D eigenvalue weighted by Crippen LogP contribution is 2.29. The number of sulfonamides is 1. The first-order chi connectivity index (χ1) is 9.49. The summed E-state index contributed by atoms with van der Waals surface area (Å²) in [6.07, 6.45) is 0.795. The molecule has 0 aliphatic rings. The second-order valence-electron chi connectivity index (χ2n) is 4.42. The summed E-state index contributed by atoms with van der Waals surface area (Å²) in [4.78, 5) is 10.3. The van der Waals surface area contributed by atoms with Crippen LogP contribution in [-0.2, 0) is 33.3 Å². The molecule has 0 saturated carbocycles. The summed E-state index contributed by atoms with van der Waals surface area (Å²) in [6.45, 7) is 1.77. The van der Waals surface area contributed by atoms with Gasteiger partial charge in [0, 0.05) is 7.05 Å². The molecule has 0 aliphatic carbocycles. The van der Waals surface area contributed by atoms with Gasteiger partial charge in [-0.1, -0.05) is 13.3 Å². The zero-order chi connectivity index (χ0) is 16.4. The first-order valence-electron chi connectivity index (χ1n) is 5.93. The smallest absolute Gasteiger partial charge is 0.258 e. The number of aromatic nitrogens is 2. The zero-order valence-corrected chi connectivity index (χ0v) is 13.1. The Morgan fingerprint density at radius 3 is 2.29 bits per heavy atom. The number of sulfone groups is 1. The maximum Gasteiger partial charge on any atom is 0.329 e. The van der Waals surface area contributed by atoms with E-state index in [1.165, 1.54) is 7.05 Å². The molecule has 10 nitrogen and oxygen atoms in total. The maximum absolute atomic E-state index is 12.2. The van der Waals surface area contributed by atoms with Gasteiger partial charge >= 0.3 is 5.69 Å². The van der Waals surface area contributed by atoms with Crippen LogP contribution >= 0.6 is 0 Å². The van der Waals surface area contributed by atoms with Crippen molar-refractivity contribution in [3.05, 3.63) is 15.8 Å². The molecule has 0 unspecified atom stereocenters. The van der Waals surface area contributed by atoms with Gasteiger partial charge in [-0.2, -0.15) is 5.10 Å². The number of hydrogen-bond acceptors (Lipinski definition) is 7. The van der Waals surface area contributed by atoms with Crippen molar-refractivity contribution in [2.24, 2.45) is 12.2 Å². The quantitative estimate of drug-likeness (QED) is 0.510. The molecule has 0 spiro atoms. The van der Waals surface area contributed by atoms with Crippen molar-refractivity contribution in [3.8, 4) is 0 Å². The van der Waals surface area contributed by atoms with Crippen LogP contribution < -0.4 is 5.14 Å². The van der Waals surface area contributed by atoms with Crippen molar-refractivity contribution in [1.82, 2.24) is 9.78 Å². The molecule has 12 heteroatoms. The average Bonchev–Trinajstić information content (AvgIpc) is 2.64. The SMILES string of the molecule is CCCc1nn(C)c(S(=O)(=O)CCS(N)(=O)=O)c1[N+](=O)[O-]. The van der Waals surface area contributed by atoms with Gasteiger partial charge < -0.3 is 0 Å². The lowest BCUT2D eigenvalue weighted by Crippen LogP contribution is -2.24. The molecule has 0 atom stereocenters. The first-order valence-corrected chi connectivity index (χ1v) is 9.30. The van der Waals surface area contributed by atoms with Crippen LogP contribution in [0.25, 0.3) is 0 Å². The van der Waals surface area contributed by atoms with E-state index < -0.39 is 47.0 Å². The van der Waals surface area contributed by atoms with Gasteiger partial charge in [0.05, 0.1) is 16.4 Å². The van der Waals surface area contributed by atoms with Gasteiger partial charge in [0.25, 0.3) is 0 Å². The van der Waals surface area contributed by atoms with Crippen molar-refractivity contribution in [2.75, 3.05) is 11.5 Å². The lowest BCUT2D eigenvalue weighted by atomic mass is 10.2. The molecular formula is C9H16N4O6S2. The van der Waals surface area contributed by atoms with E-state index >= 15 is 0 Å². The Morgan fingerprint density at radius 1 is 1.29 bits per heavy atom. The van der Waals surface area contributed by atoms with E-state index in [2.05, 4.69) is 5.10 Å². The molecule has 0 saturated heterocycles. The molecule has 120 valence electrons. The molecular weight excluding hydrogens is 324 g/mol. The fraction of sp³-hybridized carbons (Fsp3) is 0.667. The van der Waals surface area contributed by atoms with Gasteiger partial charge in [-0.15, -0.1) is 0 Å². The minimum Gasteiger partial charge on any atom is -0.258 e. The van der Waals surface area contributed by atoms with Crippen molar-refractivity contribution in [1.29, 1.82) is 0 Å². The lowest BCUT2D eigenvalue weighted by Gasteiger charge is -2.03. The van der Waals surface area contributed by atoms with Crippen LogP contribution in [0, 0.1) is 10.1 Å². The number of nitrogens with two attached hydrogens (primary N) is 1. The minimum atomic E-state index is -4.20. The van der Waals surface area contributed by atoms with E-state index in [-0.39, 0.29) is 12.1 Å². The molecule has 1 aromatic heterocycles. The van der Waals surface area contributed by atoms with E-state index in [1.807, 2.05) is 0 Å². The number of nitrogens with zero attached hydrogens (tertiary/aromatic N) is 3. The summed E-state index contributed by atoms with van der Waals surface area (Å²) in [6, 6.07) is 0. The number of hydrogen-bond donors (Lipinski definition) is 1. The first kappa shape index (κ1) is 17.5. The summed E-state index contributed by atoms with van der Waals surface area (Å²) >= 11 is 0. The Morgan fingerprint density at radius 2 is 1.86 bits per heavy atom. The van der Waals surface area contributed by atoms with Crippen LogP contribution in [-0.4, -0.2) is 43.0 Å². The summed E-state index contributed by atoms with van der Waals surface area (Å²) in [5, 5.41) is 19.1. The van der Waals surface area contributed by atoms with Crippen molar-refractivity contribution in [3.63, 3.8) is 0 Å². The molecule has 0 fully saturated rings. The van der Waals surface area contributed by atoms with E-state index in [0.717, 1.165) is 4.68 Å². The molecule has 21 heavy (non-hydrogen) atoms. The second kappa shape index (κ2) is 6.07. The predicted molar refractivity (Wildman–Crippen MR) is 73.9 cm³/mol. The fourth-order valence-corrected chi connectivity index (χ4v) is 4.74. The van der Waals surface area contributed by atoms with Gasteiger partial charge in [-0.05, 0) is 6.42 Å². The maximum atomic E-state index is 12.2. The molecule has 0 radical (unpaired) electrons. The van der Waals surface area contributed by atoms with Crippen molar-refractivity contribution < 1.29 is 21.8 Å². The van der Waals surface area contributed by atoms with E-state index in [4.69, 9.17) is 5.14 Å². The Balaban J connectivity index is 3.38. The third-order valence-corrected chi connectivity index (χ3v) is 5.46. The second-order valence-corrected chi connectivity index (χ2v) is 8.18. The summed E-state index contributed by atoms with van der Waals surface area (Å²) in [5.41, 5.74) is -0.548. The standard InChI is InChI=1S/C9H16N4O6S2/c1-3-4-7-8(13(14)15)9(12(2)11-7)20(16,17)5-6-21(10,18)19/h3-6H2,1-2H3,(H2,10,18,19). The Hall–Kier alpha value is -1.53.